The molecule has 0 aliphatic heterocycles. The van der Waals surface area contributed by atoms with Crippen molar-refractivity contribution < 1.29 is 22.8 Å². The standard InChI is InChI=1S/C17H11ClF3N5O2/c18-10-5-12(20)11(19)4-9(10)16(27)24-14-6-13(25-26-14)17(28)23-7-8-2-1-3-22-15(8)21/h1-6H,7H2,(H,23,28)(H2,24,25,26,27). The molecule has 3 N–H and O–H groups in total. The SMILES string of the molecule is O=C(NCc1cccnc1F)c1cc(NC(=O)c2cc(F)c(F)cc2Cl)[nH]n1. The number of hydrogen-bond donors (Lipinski definition) is 3. The van der Waals surface area contributed by atoms with E-state index in [1.807, 2.05) is 0 Å². The molecule has 7 nitrogen and oxygen atoms in total. The first-order valence-corrected chi connectivity index (χ1v) is 8.12. The number of hydrogen-bond acceptors (Lipinski definition) is 4. The van der Waals surface area contributed by atoms with E-state index in [0.717, 1.165) is 0 Å². The van der Waals surface area contributed by atoms with Crippen LogP contribution in [0, 0.1) is 17.6 Å². The third-order valence-electron chi connectivity index (χ3n) is 3.59. The van der Waals surface area contributed by atoms with Crippen LogP contribution in [0.5, 0.6) is 0 Å². The van der Waals surface area contributed by atoms with Gasteiger partial charge in [-0.3, -0.25) is 14.7 Å². The number of carbonyl (C=O) groups excluding carboxylic acids is 2. The van der Waals surface area contributed by atoms with Gasteiger partial charge in [0.25, 0.3) is 11.8 Å². The van der Waals surface area contributed by atoms with Gasteiger partial charge in [0, 0.05) is 24.4 Å². The van der Waals surface area contributed by atoms with Crippen LogP contribution >= 0.6 is 11.6 Å². The predicted octanol–water partition coefficient (Wildman–Crippen LogP) is 3.06. The van der Waals surface area contributed by atoms with Crippen LogP contribution in [-0.4, -0.2) is 27.0 Å². The number of aromatic nitrogens is 3. The molecule has 0 saturated carbocycles. The summed E-state index contributed by atoms with van der Waals surface area (Å²) in [5, 5.41) is 10.6. The lowest BCUT2D eigenvalue weighted by molar-refractivity contribution is 0.0944. The second-order valence-corrected chi connectivity index (χ2v) is 5.91. The number of H-pyrrole nitrogens is 1. The highest BCUT2D eigenvalue weighted by atomic mass is 35.5. The largest absolute Gasteiger partial charge is 0.346 e. The summed E-state index contributed by atoms with van der Waals surface area (Å²) >= 11 is 5.74. The Bertz CT molecular complexity index is 1060. The number of carbonyl (C=O) groups is 2. The molecule has 0 aliphatic rings. The minimum atomic E-state index is -1.23. The normalized spacial score (nSPS) is 10.6. The summed E-state index contributed by atoms with van der Waals surface area (Å²) in [5.41, 5.74) is -0.197. The Hall–Kier alpha value is -3.40. The van der Waals surface area contributed by atoms with Crippen molar-refractivity contribution in [2.45, 2.75) is 6.54 Å². The maximum absolute atomic E-state index is 13.4. The van der Waals surface area contributed by atoms with Gasteiger partial charge in [0.1, 0.15) is 5.82 Å². The van der Waals surface area contributed by atoms with E-state index in [1.54, 1.807) is 0 Å². The fraction of sp³-hybridized carbons (Fsp3) is 0.0588. The molecule has 11 heteroatoms. The molecule has 3 aromatic rings. The van der Waals surface area contributed by atoms with Crippen molar-refractivity contribution in [2.24, 2.45) is 0 Å². The third-order valence-corrected chi connectivity index (χ3v) is 3.90. The first-order valence-electron chi connectivity index (χ1n) is 7.74. The van der Waals surface area contributed by atoms with Gasteiger partial charge >= 0.3 is 0 Å². The second kappa shape index (κ2) is 8.09. The Kier molecular flexibility index (Phi) is 5.59. The van der Waals surface area contributed by atoms with E-state index in [-0.39, 0.29) is 34.2 Å². The molecule has 0 spiro atoms. The molecule has 28 heavy (non-hydrogen) atoms. The number of amides is 2. The van der Waals surface area contributed by atoms with Crippen LogP contribution in [0.4, 0.5) is 19.0 Å². The predicted molar refractivity (Wildman–Crippen MR) is 93.3 cm³/mol. The summed E-state index contributed by atoms with van der Waals surface area (Å²) in [7, 11) is 0. The second-order valence-electron chi connectivity index (χ2n) is 5.50. The smallest absolute Gasteiger partial charge is 0.272 e. The Morgan fingerprint density at radius 3 is 2.61 bits per heavy atom. The highest BCUT2D eigenvalue weighted by molar-refractivity contribution is 6.34. The first kappa shape index (κ1) is 19.4. The summed E-state index contributed by atoms with van der Waals surface area (Å²) < 4.78 is 39.8. The maximum Gasteiger partial charge on any atom is 0.272 e. The van der Waals surface area contributed by atoms with Crippen molar-refractivity contribution in [1.82, 2.24) is 20.5 Å². The number of rotatable bonds is 5. The molecule has 3 rings (SSSR count). The van der Waals surface area contributed by atoms with Crippen LogP contribution in [0.1, 0.15) is 26.4 Å². The van der Waals surface area contributed by atoms with Crippen molar-refractivity contribution in [1.29, 1.82) is 0 Å². The van der Waals surface area contributed by atoms with Crippen LogP contribution in [0.25, 0.3) is 0 Å². The van der Waals surface area contributed by atoms with Gasteiger partial charge in [-0.2, -0.15) is 9.49 Å². The zero-order chi connectivity index (χ0) is 20.3. The third kappa shape index (κ3) is 4.29. The van der Waals surface area contributed by atoms with Gasteiger partial charge in [0.15, 0.2) is 17.3 Å². The van der Waals surface area contributed by atoms with Crippen molar-refractivity contribution >= 4 is 29.2 Å². The molecule has 144 valence electrons. The van der Waals surface area contributed by atoms with Crippen molar-refractivity contribution in [3.05, 3.63) is 76.0 Å². The average molecular weight is 410 g/mol. The van der Waals surface area contributed by atoms with E-state index in [2.05, 4.69) is 25.8 Å². The zero-order valence-corrected chi connectivity index (χ0v) is 14.6. The number of aromatic amines is 1. The highest BCUT2D eigenvalue weighted by Crippen LogP contribution is 2.21. The van der Waals surface area contributed by atoms with Crippen LogP contribution in [-0.2, 0) is 6.54 Å². The summed E-state index contributed by atoms with van der Waals surface area (Å²) in [6, 6.07) is 5.52. The molecule has 2 amide bonds. The lowest BCUT2D eigenvalue weighted by Gasteiger charge is -2.05. The number of halogens is 4. The number of anilines is 1. The van der Waals surface area contributed by atoms with E-state index in [1.165, 1.54) is 24.4 Å². The molecule has 0 atom stereocenters. The molecule has 0 radical (unpaired) electrons. The van der Waals surface area contributed by atoms with Crippen LogP contribution in [0.3, 0.4) is 0 Å². The zero-order valence-electron chi connectivity index (χ0n) is 13.9. The minimum absolute atomic E-state index is 0.0171. The Labute approximate surface area is 160 Å². The molecule has 1 aromatic carbocycles. The number of benzene rings is 1. The first-order chi connectivity index (χ1) is 13.3. The number of nitrogens with one attached hydrogen (secondary N) is 3. The van der Waals surface area contributed by atoms with Gasteiger partial charge in [-0.05, 0) is 18.2 Å². The lowest BCUT2D eigenvalue weighted by Crippen LogP contribution is -2.23. The molecule has 0 fully saturated rings. The van der Waals surface area contributed by atoms with Gasteiger partial charge in [-0.15, -0.1) is 0 Å². The fourth-order valence-electron chi connectivity index (χ4n) is 2.21. The summed E-state index contributed by atoms with van der Waals surface area (Å²) in [4.78, 5) is 27.7. The lowest BCUT2D eigenvalue weighted by atomic mass is 10.2. The van der Waals surface area contributed by atoms with Gasteiger partial charge in [0.2, 0.25) is 5.95 Å². The molecule has 2 aromatic heterocycles. The van der Waals surface area contributed by atoms with E-state index in [4.69, 9.17) is 11.6 Å². The Morgan fingerprint density at radius 1 is 1.11 bits per heavy atom. The van der Waals surface area contributed by atoms with Crippen LogP contribution in [0.15, 0.2) is 36.5 Å². The number of nitrogens with zero attached hydrogens (tertiary/aromatic N) is 2. The molecule has 0 saturated heterocycles. The fourth-order valence-corrected chi connectivity index (χ4v) is 2.44. The summed E-state index contributed by atoms with van der Waals surface area (Å²) in [6.45, 7) is -0.114. The van der Waals surface area contributed by atoms with Crippen molar-refractivity contribution in [3.63, 3.8) is 0 Å². The number of pyridine rings is 1. The van der Waals surface area contributed by atoms with E-state index in [0.29, 0.717) is 12.1 Å². The Morgan fingerprint density at radius 2 is 1.86 bits per heavy atom. The van der Waals surface area contributed by atoms with Gasteiger partial charge < -0.3 is 10.6 Å². The molecule has 0 bridgehead atoms. The van der Waals surface area contributed by atoms with Crippen LogP contribution < -0.4 is 10.6 Å². The van der Waals surface area contributed by atoms with Crippen molar-refractivity contribution in [3.8, 4) is 0 Å². The average Bonchev–Trinajstić information content (AvgIpc) is 3.12. The van der Waals surface area contributed by atoms with E-state index in [9.17, 15) is 22.8 Å². The van der Waals surface area contributed by atoms with Crippen molar-refractivity contribution in [2.75, 3.05) is 5.32 Å². The molecule has 0 aliphatic carbocycles. The van der Waals surface area contributed by atoms with Gasteiger partial charge in [-0.25, -0.2) is 13.8 Å². The quantitative estimate of drug-likeness (QED) is 0.445. The van der Waals surface area contributed by atoms with E-state index >= 15 is 0 Å². The molecular formula is C17H11ClF3N5O2. The molecular weight excluding hydrogens is 399 g/mol. The van der Waals surface area contributed by atoms with Crippen LogP contribution in [0.2, 0.25) is 5.02 Å². The maximum atomic E-state index is 13.4. The monoisotopic (exact) mass is 409 g/mol. The molecule has 2 heterocycles. The molecule has 0 unspecified atom stereocenters. The summed E-state index contributed by atoms with van der Waals surface area (Å²) in [6.07, 6.45) is 1.28. The van der Waals surface area contributed by atoms with Gasteiger partial charge in [-0.1, -0.05) is 17.7 Å². The minimum Gasteiger partial charge on any atom is -0.346 e. The van der Waals surface area contributed by atoms with E-state index < -0.39 is 29.4 Å². The van der Waals surface area contributed by atoms with Gasteiger partial charge in [0.05, 0.1) is 10.6 Å². The highest BCUT2D eigenvalue weighted by Gasteiger charge is 2.17. The Balaban J connectivity index is 1.65. The topological polar surface area (TPSA) is 99.8 Å². The summed E-state index contributed by atoms with van der Waals surface area (Å²) in [5.74, 6) is -4.58.